The second-order valence-electron chi connectivity index (χ2n) is 8.81. The minimum Gasteiger partial charge on any atom is -0.497 e. The molecular formula is C28H30BrNO2. The monoisotopic (exact) mass is 491 g/mol. The number of benzene rings is 3. The number of carbonyl (C=O) groups excluding carboxylic acids is 1. The number of fused-ring (bicyclic) bond motifs is 1. The van der Waals surface area contributed by atoms with E-state index in [4.69, 9.17) is 4.74 Å². The van der Waals surface area contributed by atoms with Crippen LogP contribution in [0.3, 0.4) is 0 Å². The molecule has 32 heavy (non-hydrogen) atoms. The number of amides is 1. The summed E-state index contributed by atoms with van der Waals surface area (Å²) in [5, 5.41) is 0. The number of halogens is 1. The molecule has 0 saturated heterocycles. The predicted molar refractivity (Wildman–Crippen MR) is 135 cm³/mol. The standard InChI is InChI=1S/C28H30BrNO2/c1-19(2)21-10-13-24(14-11-21)30(18-20-6-4-8-23(29)16-20)28(31)26-9-5-7-22-12-15-25(32-3)17-27(22)26/h4,6,8,10-17,19,26H,5,7,9,18H2,1-3H3. The SMILES string of the molecule is COc1ccc2c(c1)C(C(=O)N(Cc1cccc(Br)c1)c1ccc(C(C)C)cc1)CCC2. The zero-order valence-electron chi connectivity index (χ0n) is 19.0. The van der Waals surface area contributed by atoms with E-state index in [1.54, 1.807) is 7.11 Å². The topological polar surface area (TPSA) is 29.5 Å². The van der Waals surface area contributed by atoms with E-state index in [2.05, 4.69) is 78.3 Å². The maximum Gasteiger partial charge on any atom is 0.234 e. The van der Waals surface area contributed by atoms with Gasteiger partial charge in [0.15, 0.2) is 0 Å². The highest BCUT2D eigenvalue weighted by Crippen LogP contribution is 2.37. The van der Waals surface area contributed by atoms with Crippen molar-refractivity contribution in [3.8, 4) is 5.75 Å². The lowest BCUT2D eigenvalue weighted by atomic mass is 9.81. The fourth-order valence-corrected chi connectivity index (χ4v) is 4.95. The first-order chi connectivity index (χ1) is 15.5. The number of hydrogen-bond donors (Lipinski definition) is 0. The van der Waals surface area contributed by atoms with Crippen LogP contribution in [-0.2, 0) is 17.8 Å². The van der Waals surface area contributed by atoms with E-state index in [1.165, 1.54) is 11.1 Å². The van der Waals surface area contributed by atoms with E-state index in [0.29, 0.717) is 12.5 Å². The first kappa shape index (κ1) is 22.6. The molecule has 1 aliphatic rings. The summed E-state index contributed by atoms with van der Waals surface area (Å²) in [6.45, 7) is 4.91. The highest BCUT2D eigenvalue weighted by Gasteiger charge is 2.31. The molecule has 1 amide bonds. The Balaban J connectivity index is 1.72. The third-order valence-electron chi connectivity index (χ3n) is 6.33. The van der Waals surface area contributed by atoms with Crippen molar-refractivity contribution >= 4 is 27.5 Å². The molecule has 0 bridgehead atoms. The average molecular weight is 492 g/mol. The molecule has 0 radical (unpaired) electrons. The Morgan fingerprint density at radius 1 is 1.09 bits per heavy atom. The highest BCUT2D eigenvalue weighted by molar-refractivity contribution is 9.10. The van der Waals surface area contributed by atoms with E-state index in [9.17, 15) is 4.79 Å². The molecule has 0 aliphatic heterocycles. The molecule has 3 nitrogen and oxygen atoms in total. The number of rotatable bonds is 6. The maximum atomic E-state index is 14.0. The maximum absolute atomic E-state index is 14.0. The first-order valence-electron chi connectivity index (χ1n) is 11.3. The van der Waals surface area contributed by atoms with E-state index in [0.717, 1.165) is 46.3 Å². The van der Waals surface area contributed by atoms with Crippen LogP contribution in [-0.4, -0.2) is 13.0 Å². The summed E-state index contributed by atoms with van der Waals surface area (Å²) in [6, 6.07) is 22.8. The number of nitrogens with zero attached hydrogens (tertiary/aromatic N) is 1. The second-order valence-corrected chi connectivity index (χ2v) is 9.73. The quantitative estimate of drug-likeness (QED) is 0.363. The minimum absolute atomic E-state index is 0.150. The summed E-state index contributed by atoms with van der Waals surface area (Å²) in [7, 11) is 1.68. The van der Waals surface area contributed by atoms with Crippen molar-refractivity contribution in [2.75, 3.05) is 12.0 Å². The Bertz CT molecular complexity index is 1090. The molecule has 4 heteroatoms. The Hall–Kier alpha value is -2.59. The van der Waals surface area contributed by atoms with E-state index >= 15 is 0 Å². The third kappa shape index (κ3) is 4.91. The molecule has 0 heterocycles. The van der Waals surface area contributed by atoms with Gasteiger partial charge in [0, 0.05) is 10.2 Å². The van der Waals surface area contributed by atoms with Crippen molar-refractivity contribution in [2.24, 2.45) is 0 Å². The zero-order valence-corrected chi connectivity index (χ0v) is 20.6. The molecule has 166 valence electrons. The van der Waals surface area contributed by atoms with Gasteiger partial charge in [-0.05, 0) is 83.8 Å². The van der Waals surface area contributed by atoms with Gasteiger partial charge in [-0.25, -0.2) is 0 Å². The lowest BCUT2D eigenvalue weighted by Gasteiger charge is -2.31. The molecule has 0 N–H and O–H groups in total. The van der Waals surface area contributed by atoms with Gasteiger partial charge in [-0.15, -0.1) is 0 Å². The zero-order chi connectivity index (χ0) is 22.7. The molecule has 1 unspecified atom stereocenters. The van der Waals surface area contributed by atoms with E-state index in [1.807, 2.05) is 23.1 Å². The molecule has 1 atom stereocenters. The van der Waals surface area contributed by atoms with Gasteiger partial charge in [-0.2, -0.15) is 0 Å². The van der Waals surface area contributed by atoms with Crippen molar-refractivity contribution in [3.63, 3.8) is 0 Å². The van der Waals surface area contributed by atoms with Crippen LogP contribution in [0.1, 0.15) is 60.8 Å². The van der Waals surface area contributed by atoms with Crippen molar-refractivity contribution < 1.29 is 9.53 Å². The van der Waals surface area contributed by atoms with Gasteiger partial charge in [-0.1, -0.05) is 60.1 Å². The Kier molecular flexibility index (Phi) is 7.00. The lowest BCUT2D eigenvalue weighted by Crippen LogP contribution is -2.36. The third-order valence-corrected chi connectivity index (χ3v) is 6.83. The number of methoxy groups -OCH3 is 1. The molecular weight excluding hydrogens is 462 g/mol. The molecule has 4 rings (SSSR count). The molecule has 3 aromatic carbocycles. The van der Waals surface area contributed by atoms with Crippen molar-refractivity contribution in [3.05, 3.63) is 93.5 Å². The van der Waals surface area contributed by atoms with Gasteiger partial charge in [0.25, 0.3) is 0 Å². The van der Waals surface area contributed by atoms with Crippen LogP contribution in [0.25, 0.3) is 0 Å². The summed E-state index contributed by atoms with van der Waals surface area (Å²) >= 11 is 3.57. The van der Waals surface area contributed by atoms with Gasteiger partial charge in [-0.3, -0.25) is 4.79 Å². The summed E-state index contributed by atoms with van der Waals surface area (Å²) in [4.78, 5) is 16.0. The summed E-state index contributed by atoms with van der Waals surface area (Å²) < 4.78 is 6.49. The van der Waals surface area contributed by atoms with Crippen molar-refractivity contribution in [1.29, 1.82) is 0 Å². The van der Waals surface area contributed by atoms with E-state index in [-0.39, 0.29) is 11.8 Å². The Labute approximate surface area is 199 Å². The molecule has 0 fully saturated rings. The number of aryl methyl sites for hydroxylation is 1. The molecule has 3 aromatic rings. The smallest absolute Gasteiger partial charge is 0.234 e. The summed E-state index contributed by atoms with van der Waals surface area (Å²) in [5.74, 6) is 1.25. The van der Waals surface area contributed by atoms with Gasteiger partial charge in [0.2, 0.25) is 5.91 Å². The normalized spacial score (nSPS) is 15.3. The van der Waals surface area contributed by atoms with Crippen LogP contribution < -0.4 is 9.64 Å². The fourth-order valence-electron chi connectivity index (χ4n) is 4.50. The number of ether oxygens (including phenoxy) is 1. The fraction of sp³-hybridized carbons (Fsp3) is 0.321. The lowest BCUT2D eigenvalue weighted by molar-refractivity contribution is -0.120. The molecule has 1 aliphatic carbocycles. The summed E-state index contributed by atoms with van der Waals surface area (Å²) in [5.41, 5.74) is 5.68. The predicted octanol–water partition coefficient (Wildman–Crippen LogP) is 7.23. The largest absolute Gasteiger partial charge is 0.497 e. The van der Waals surface area contributed by atoms with Gasteiger partial charge in [0.05, 0.1) is 19.6 Å². The second kappa shape index (κ2) is 9.91. The van der Waals surface area contributed by atoms with Crippen LogP contribution in [0, 0.1) is 0 Å². The molecule has 0 saturated carbocycles. The number of hydrogen-bond acceptors (Lipinski definition) is 2. The van der Waals surface area contributed by atoms with E-state index < -0.39 is 0 Å². The van der Waals surface area contributed by atoms with Crippen LogP contribution in [0.4, 0.5) is 5.69 Å². The van der Waals surface area contributed by atoms with Crippen LogP contribution in [0.2, 0.25) is 0 Å². The number of anilines is 1. The van der Waals surface area contributed by atoms with Crippen LogP contribution >= 0.6 is 15.9 Å². The van der Waals surface area contributed by atoms with Crippen LogP contribution in [0.15, 0.2) is 71.2 Å². The average Bonchev–Trinajstić information content (AvgIpc) is 2.81. The minimum atomic E-state index is -0.161. The van der Waals surface area contributed by atoms with Gasteiger partial charge in [0.1, 0.15) is 5.75 Å². The van der Waals surface area contributed by atoms with Crippen LogP contribution in [0.5, 0.6) is 5.75 Å². The molecule has 0 aromatic heterocycles. The Morgan fingerprint density at radius 2 is 1.88 bits per heavy atom. The summed E-state index contributed by atoms with van der Waals surface area (Å²) in [6.07, 6.45) is 2.89. The van der Waals surface area contributed by atoms with Crippen molar-refractivity contribution in [2.45, 2.75) is 51.5 Å². The highest BCUT2D eigenvalue weighted by atomic mass is 79.9. The Morgan fingerprint density at radius 3 is 2.56 bits per heavy atom. The van der Waals surface area contributed by atoms with Gasteiger partial charge >= 0.3 is 0 Å². The molecule has 0 spiro atoms. The number of carbonyl (C=O) groups is 1. The first-order valence-corrected chi connectivity index (χ1v) is 12.1. The van der Waals surface area contributed by atoms with Gasteiger partial charge < -0.3 is 9.64 Å². The van der Waals surface area contributed by atoms with Crippen molar-refractivity contribution in [1.82, 2.24) is 0 Å².